The zero-order valence-electron chi connectivity index (χ0n) is 7.52. The molecule has 0 aliphatic heterocycles. The van der Waals surface area contributed by atoms with E-state index in [-0.39, 0.29) is 0 Å². The molecule has 1 rings (SSSR count). The summed E-state index contributed by atoms with van der Waals surface area (Å²) in [5.74, 6) is 0.690. The molecule has 12 heavy (non-hydrogen) atoms. The van der Waals surface area contributed by atoms with Gasteiger partial charge < -0.3 is 10.3 Å². The lowest BCUT2D eigenvalue weighted by atomic mass is 10.2. The van der Waals surface area contributed by atoms with Crippen molar-refractivity contribution in [1.29, 1.82) is 0 Å². The van der Waals surface area contributed by atoms with E-state index in [9.17, 15) is 0 Å². The molecule has 0 aliphatic rings. The molecule has 0 atom stereocenters. The van der Waals surface area contributed by atoms with Crippen molar-refractivity contribution < 1.29 is 0 Å². The van der Waals surface area contributed by atoms with Crippen LogP contribution in [0.15, 0.2) is 12.3 Å². The lowest BCUT2D eigenvalue weighted by Crippen LogP contribution is -2.18. The van der Waals surface area contributed by atoms with Gasteiger partial charge in [-0.05, 0) is 18.5 Å². The zero-order chi connectivity index (χ0) is 8.97. The first-order valence-electron chi connectivity index (χ1n) is 4.22. The van der Waals surface area contributed by atoms with Crippen molar-refractivity contribution in [3.05, 3.63) is 23.0 Å². The lowest BCUT2D eigenvalue weighted by Gasteiger charge is -2.05. The van der Waals surface area contributed by atoms with Gasteiger partial charge in [-0.15, -0.1) is 0 Å². The number of hydrogen-bond acceptors (Lipinski definition) is 1. The summed E-state index contributed by atoms with van der Waals surface area (Å²) in [6.07, 6.45) is 1.80. The molecule has 0 unspecified atom stereocenters. The highest BCUT2D eigenvalue weighted by molar-refractivity contribution is 6.30. The predicted octanol–water partition coefficient (Wildman–Crippen LogP) is 2.41. The minimum atomic E-state index is 0.690. The number of rotatable bonds is 4. The Kier molecular flexibility index (Phi) is 3.63. The van der Waals surface area contributed by atoms with E-state index in [4.69, 9.17) is 11.6 Å². The minimum absolute atomic E-state index is 0.690. The second-order valence-electron chi connectivity index (χ2n) is 3.37. The van der Waals surface area contributed by atoms with Crippen molar-refractivity contribution in [2.45, 2.75) is 20.4 Å². The number of halogens is 1. The number of H-pyrrole nitrogens is 1. The van der Waals surface area contributed by atoms with Gasteiger partial charge in [0.2, 0.25) is 0 Å². The Morgan fingerprint density at radius 2 is 2.33 bits per heavy atom. The van der Waals surface area contributed by atoms with Gasteiger partial charge in [0, 0.05) is 18.4 Å². The fourth-order valence-electron chi connectivity index (χ4n) is 1.01. The summed E-state index contributed by atoms with van der Waals surface area (Å²) < 4.78 is 0. The summed E-state index contributed by atoms with van der Waals surface area (Å²) in [4.78, 5) is 3.08. The van der Waals surface area contributed by atoms with E-state index in [1.54, 1.807) is 6.20 Å². The molecule has 0 fully saturated rings. The van der Waals surface area contributed by atoms with Gasteiger partial charge in [0.25, 0.3) is 0 Å². The summed E-state index contributed by atoms with van der Waals surface area (Å²) >= 11 is 5.74. The van der Waals surface area contributed by atoms with E-state index in [0.717, 1.165) is 23.8 Å². The number of aromatic amines is 1. The molecule has 0 amide bonds. The van der Waals surface area contributed by atoms with Gasteiger partial charge in [-0.25, -0.2) is 0 Å². The molecule has 1 aromatic rings. The molecule has 0 aliphatic carbocycles. The predicted molar refractivity (Wildman–Crippen MR) is 52.3 cm³/mol. The molecule has 0 spiro atoms. The summed E-state index contributed by atoms with van der Waals surface area (Å²) in [7, 11) is 0. The van der Waals surface area contributed by atoms with Gasteiger partial charge in [0.15, 0.2) is 0 Å². The highest BCUT2D eigenvalue weighted by Crippen LogP contribution is 2.08. The Morgan fingerprint density at radius 1 is 1.58 bits per heavy atom. The van der Waals surface area contributed by atoms with E-state index >= 15 is 0 Å². The van der Waals surface area contributed by atoms with Crippen LogP contribution < -0.4 is 5.32 Å². The molecule has 0 radical (unpaired) electrons. The smallest absolute Gasteiger partial charge is 0.0583 e. The quantitative estimate of drug-likeness (QED) is 0.743. The first kappa shape index (κ1) is 9.62. The topological polar surface area (TPSA) is 27.8 Å². The molecule has 2 nitrogen and oxygen atoms in total. The van der Waals surface area contributed by atoms with Crippen LogP contribution in [0.3, 0.4) is 0 Å². The van der Waals surface area contributed by atoms with Crippen LogP contribution in [-0.2, 0) is 6.54 Å². The number of hydrogen-bond donors (Lipinski definition) is 2. The van der Waals surface area contributed by atoms with E-state index in [1.165, 1.54) is 0 Å². The fraction of sp³-hybridized carbons (Fsp3) is 0.556. The van der Waals surface area contributed by atoms with Crippen LogP contribution in [0.2, 0.25) is 5.02 Å². The van der Waals surface area contributed by atoms with Crippen LogP contribution in [0.4, 0.5) is 0 Å². The van der Waals surface area contributed by atoms with Crippen molar-refractivity contribution in [3.8, 4) is 0 Å². The van der Waals surface area contributed by atoms with E-state index < -0.39 is 0 Å². The highest BCUT2D eigenvalue weighted by Gasteiger charge is 1.96. The molecule has 1 heterocycles. The number of nitrogens with one attached hydrogen (secondary N) is 2. The maximum absolute atomic E-state index is 5.74. The molecule has 0 saturated carbocycles. The van der Waals surface area contributed by atoms with Crippen molar-refractivity contribution in [1.82, 2.24) is 10.3 Å². The third-order valence-corrected chi connectivity index (χ3v) is 1.79. The Hall–Kier alpha value is -0.470. The van der Waals surface area contributed by atoms with Crippen molar-refractivity contribution in [2.75, 3.05) is 6.54 Å². The molecule has 3 heteroatoms. The third-order valence-electron chi connectivity index (χ3n) is 1.58. The van der Waals surface area contributed by atoms with Crippen LogP contribution in [-0.4, -0.2) is 11.5 Å². The van der Waals surface area contributed by atoms with E-state index in [1.807, 2.05) is 6.07 Å². The second kappa shape index (κ2) is 4.53. The highest BCUT2D eigenvalue weighted by atomic mass is 35.5. The van der Waals surface area contributed by atoms with Gasteiger partial charge in [-0.1, -0.05) is 25.4 Å². The molecular formula is C9H15ClN2. The molecule has 0 aromatic carbocycles. The van der Waals surface area contributed by atoms with Crippen LogP contribution in [0.1, 0.15) is 19.5 Å². The number of aromatic nitrogens is 1. The fourth-order valence-corrected chi connectivity index (χ4v) is 1.20. The van der Waals surface area contributed by atoms with Gasteiger partial charge in [-0.2, -0.15) is 0 Å². The summed E-state index contributed by atoms with van der Waals surface area (Å²) in [6.45, 7) is 6.28. The zero-order valence-corrected chi connectivity index (χ0v) is 8.28. The first-order chi connectivity index (χ1) is 5.68. The molecule has 0 bridgehead atoms. The summed E-state index contributed by atoms with van der Waals surface area (Å²) in [6, 6.07) is 1.94. The van der Waals surface area contributed by atoms with Gasteiger partial charge in [0.05, 0.1) is 5.02 Å². The second-order valence-corrected chi connectivity index (χ2v) is 3.80. The van der Waals surface area contributed by atoms with Crippen molar-refractivity contribution in [2.24, 2.45) is 5.92 Å². The van der Waals surface area contributed by atoms with Gasteiger partial charge in [-0.3, -0.25) is 0 Å². The average Bonchev–Trinajstić information content (AvgIpc) is 2.35. The molecule has 0 saturated heterocycles. The Morgan fingerprint density at radius 3 is 2.83 bits per heavy atom. The molecular weight excluding hydrogens is 172 g/mol. The van der Waals surface area contributed by atoms with Gasteiger partial charge >= 0.3 is 0 Å². The van der Waals surface area contributed by atoms with E-state index in [0.29, 0.717) is 5.92 Å². The molecule has 1 aromatic heterocycles. The van der Waals surface area contributed by atoms with Crippen LogP contribution in [0.5, 0.6) is 0 Å². The SMILES string of the molecule is CC(C)CNCc1cc(Cl)c[nH]1. The van der Waals surface area contributed by atoms with Crippen molar-refractivity contribution >= 4 is 11.6 Å². The normalized spacial score (nSPS) is 11.0. The average molecular weight is 187 g/mol. The molecule has 2 N–H and O–H groups in total. The summed E-state index contributed by atoms with van der Waals surface area (Å²) in [5, 5.41) is 4.10. The Labute approximate surface area is 78.3 Å². The van der Waals surface area contributed by atoms with Crippen LogP contribution in [0, 0.1) is 5.92 Å². The summed E-state index contributed by atoms with van der Waals surface area (Å²) in [5.41, 5.74) is 1.14. The maximum atomic E-state index is 5.74. The largest absolute Gasteiger partial charge is 0.363 e. The molecule has 68 valence electrons. The lowest BCUT2D eigenvalue weighted by molar-refractivity contribution is 0.549. The van der Waals surface area contributed by atoms with E-state index in [2.05, 4.69) is 24.1 Å². The Bertz CT molecular complexity index is 230. The maximum Gasteiger partial charge on any atom is 0.0583 e. The van der Waals surface area contributed by atoms with Gasteiger partial charge in [0.1, 0.15) is 0 Å². The Balaban J connectivity index is 2.24. The monoisotopic (exact) mass is 186 g/mol. The van der Waals surface area contributed by atoms with Crippen LogP contribution >= 0.6 is 11.6 Å². The standard InChI is InChI=1S/C9H15ClN2/c1-7(2)4-11-6-9-3-8(10)5-12-9/h3,5,7,11-12H,4,6H2,1-2H3. The third kappa shape index (κ3) is 3.28. The van der Waals surface area contributed by atoms with Crippen LogP contribution in [0.25, 0.3) is 0 Å². The minimum Gasteiger partial charge on any atom is -0.363 e. The first-order valence-corrected chi connectivity index (χ1v) is 4.60. The van der Waals surface area contributed by atoms with Crippen molar-refractivity contribution in [3.63, 3.8) is 0 Å².